The number of hydrogen-bond acceptors (Lipinski definition) is 4. The molecule has 1 aromatic carbocycles. The zero-order valence-corrected chi connectivity index (χ0v) is 11.3. The number of imide groups is 1. The number of nitrogens with zero attached hydrogens (tertiary/aromatic N) is 1. The van der Waals surface area contributed by atoms with E-state index >= 15 is 0 Å². The highest BCUT2D eigenvalue weighted by atomic mass is 16.2. The molecule has 0 unspecified atom stereocenters. The summed E-state index contributed by atoms with van der Waals surface area (Å²) in [6, 6.07) is 4.61. The van der Waals surface area contributed by atoms with Crippen molar-refractivity contribution in [3.8, 4) is 0 Å². The van der Waals surface area contributed by atoms with Gasteiger partial charge in [0.05, 0.1) is 6.54 Å². The van der Waals surface area contributed by atoms with Crippen molar-refractivity contribution >= 4 is 23.4 Å². The molecule has 6 heteroatoms. The fourth-order valence-electron chi connectivity index (χ4n) is 2.27. The van der Waals surface area contributed by atoms with E-state index in [1.165, 1.54) is 17.0 Å². The largest absolute Gasteiger partial charge is 0.398 e. The summed E-state index contributed by atoms with van der Waals surface area (Å²) < 4.78 is 0. The zero-order valence-electron chi connectivity index (χ0n) is 11.3. The Morgan fingerprint density at radius 3 is 2.40 bits per heavy atom. The van der Waals surface area contributed by atoms with Gasteiger partial charge in [0.2, 0.25) is 17.7 Å². The van der Waals surface area contributed by atoms with Crippen LogP contribution in [0.25, 0.3) is 0 Å². The Morgan fingerprint density at radius 1 is 1.30 bits per heavy atom. The first kappa shape index (κ1) is 14.0. The van der Waals surface area contributed by atoms with Gasteiger partial charge in [0, 0.05) is 24.1 Å². The summed E-state index contributed by atoms with van der Waals surface area (Å²) in [5.74, 6) is -0.859. The van der Waals surface area contributed by atoms with Crippen molar-refractivity contribution < 1.29 is 14.4 Å². The molecule has 1 aliphatic heterocycles. The molecule has 20 heavy (non-hydrogen) atoms. The van der Waals surface area contributed by atoms with Crippen molar-refractivity contribution in [2.45, 2.75) is 26.3 Å². The molecule has 2 rings (SSSR count). The number of carbonyl (C=O) groups is 3. The lowest BCUT2D eigenvalue weighted by molar-refractivity contribution is -0.150. The smallest absolute Gasteiger partial charge is 0.248 e. The summed E-state index contributed by atoms with van der Waals surface area (Å²) in [5.41, 5.74) is 12.3. The number of anilines is 1. The number of piperidine rings is 1. The number of likely N-dealkylation sites (tertiary alicyclic amines) is 1. The Hall–Kier alpha value is -2.37. The molecule has 1 saturated heterocycles. The maximum absolute atomic E-state index is 11.9. The van der Waals surface area contributed by atoms with Crippen LogP contribution in [0.3, 0.4) is 0 Å². The van der Waals surface area contributed by atoms with E-state index in [4.69, 9.17) is 11.5 Å². The molecule has 0 spiro atoms. The van der Waals surface area contributed by atoms with Crippen LogP contribution < -0.4 is 11.5 Å². The number of hydrogen-bond donors (Lipinski definition) is 2. The van der Waals surface area contributed by atoms with Gasteiger partial charge in [-0.25, -0.2) is 0 Å². The molecule has 1 fully saturated rings. The highest BCUT2D eigenvalue weighted by molar-refractivity contribution is 5.98. The SMILES string of the molecule is CC1CC(=O)N(Cc2ccc(C(N)=O)cc2N)C(=O)C1. The van der Waals surface area contributed by atoms with Crippen LogP contribution in [0.5, 0.6) is 0 Å². The molecule has 1 heterocycles. The van der Waals surface area contributed by atoms with Crippen LogP contribution in [0.2, 0.25) is 0 Å². The zero-order chi connectivity index (χ0) is 14.9. The second kappa shape index (κ2) is 5.32. The minimum absolute atomic E-state index is 0.0841. The van der Waals surface area contributed by atoms with Gasteiger partial charge in [-0.2, -0.15) is 0 Å². The van der Waals surface area contributed by atoms with Crippen molar-refractivity contribution in [3.05, 3.63) is 29.3 Å². The predicted molar refractivity (Wildman–Crippen MR) is 73.3 cm³/mol. The maximum atomic E-state index is 11.9. The number of primary amides is 1. The second-order valence-electron chi connectivity index (χ2n) is 5.16. The van der Waals surface area contributed by atoms with Crippen molar-refractivity contribution in [2.24, 2.45) is 11.7 Å². The summed E-state index contributed by atoms with van der Waals surface area (Å²) in [4.78, 5) is 36.1. The fourth-order valence-corrected chi connectivity index (χ4v) is 2.27. The second-order valence-corrected chi connectivity index (χ2v) is 5.16. The molecule has 4 N–H and O–H groups in total. The van der Waals surface area contributed by atoms with Crippen LogP contribution in [0.15, 0.2) is 18.2 Å². The fraction of sp³-hybridized carbons (Fsp3) is 0.357. The lowest BCUT2D eigenvalue weighted by Crippen LogP contribution is -2.42. The van der Waals surface area contributed by atoms with Gasteiger partial charge in [-0.15, -0.1) is 0 Å². The Labute approximate surface area is 116 Å². The molecule has 3 amide bonds. The number of nitrogen functional groups attached to an aromatic ring is 1. The first-order valence-corrected chi connectivity index (χ1v) is 6.40. The van der Waals surface area contributed by atoms with Gasteiger partial charge in [0.1, 0.15) is 0 Å². The summed E-state index contributed by atoms with van der Waals surface area (Å²) in [6.45, 7) is 2.01. The lowest BCUT2D eigenvalue weighted by Gasteiger charge is -2.28. The van der Waals surface area contributed by atoms with Crippen LogP contribution in [-0.4, -0.2) is 22.6 Å². The predicted octanol–water partition coefficient (Wildman–Crippen LogP) is 0.653. The minimum atomic E-state index is -0.567. The molecule has 0 aliphatic carbocycles. The van der Waals surface area contributed by atoms with E-state index in [0.29, 0.717) is 29.7 Å². The third-order valence-electron chi connectivity index (χ3n) is 3.41. The van der Waals surface area contributed by atoms with Gasteiger partial charge >= 0.3 is 0 Å². The van der Waals surface area contributed by atoms with Crippen LogP contribution in [0, 0.1) is 5.92 Å². The minimum Gasteiger partial charge on any atom is -0.398 e. The molecular weight excluding hydrogens is 258 g/mol. The summed E-state index contributed by atoms with van der Waals surface area (Å²) >= 11 is 0. The van der Waals surface area contributed by atoms with Gasteiger partial charge in [-0.05, 0) is 23.6 Å². The third kappa shape index (κ3) is 2.79. The van der Waals surface area contributed by atoms with Gasteiger partial charge in [-0.3, -0.25) is 19.3 Å². The summed E-state index contributed by atoms with van der Waals surface area (Å²) in [5, 5.41) is 0. The normalized spacial score (nSPS) is 16.6. The molecule has 1 aliphatic rings. The van der Waals surface area contributed by atoms with Crippen LogP contribution in [0.1, 0.15) is 35.7 Å². The Bertz CT molecular complexity index is 565. The Balaban J connectivity index is 2.19. The quantitative estimate of drug-likeness (QED) is 0.624. The Kier molecular flexibility index (Phi) is 3.74. The van der Waals surface area contributed by atoms with E-state index in [0.717, 1.165) is 0 Å². The van der Waals surface area contributed by atoms with Crippen molar-refractivity contribution in [3.63, 3.8) is 0 Å². The highest BCUT2D eigenvalue weighted by Gasteiger charge is 2.30. The van der Waals surface area contributed by atoms with Crippen LogP contribution in [-0.2, 0) is 16.1 Å². The van der Waals surface area contributed by atoms with Crippen molar-refractivity contribution in [1.29, 1.82) is 0 Å². The van der Waals surface area contributed by atoms with E-state index in [1.54, 1.807) is 6.07 Å². The monoisotopic (exact) mass is 275 g/mol. The van der Waals surface area contributed by atoms with E-state index in [-0.39, 0.29) is 24.3 Å². The maximum Gasteiger partial charge on any atom is 0.248 e. The highest BCUT2D eigenvalue weighted by Crippen LogP contribution is 2.23. The summed E-state index contributed by atoms with van der Waals surface area (Å²) in [7, 11) is 0. The van der Waals surface area contributed by atoms with E-state index < -0.39 is 5.91 Å². The average Bonchev–Trinajstić information content (AvgIpc) is 2.34. The molecule has 1 aromatic rings. The topological polar surface area (TPSA) is 106 Å². The van der Waals surface area contributed by atoms with Crippen molar-refractivity contribution in [1.82, 2.24) is 4.90 Å². The summed E-state index contributed by atoms with van der Waals surface area (Å²) in [6.07, 6.45) is 0.732. The number of benzene rings is 1. The molecular formula is C14H17N3O3. The molecule has 0 aromatic heterocycles. The van der Waals surface area contributed by atoms with Gasteiger partial charge in [-0.1, -0.05) is 13.0 Å². The molecule has 0 saturated carbocycles. The number of amides is 3. The average molecular weight is 275 g/mol. The van der Waals surface area contributed by atoms with E-state index in [1.807, 2.05) is 6.92 Å². The third-order valence-corrected chi connectivity index (χ3v) is 3.41. The number of carbonyl (C=O) groups excluding carboxylic acids is 3. The molecule has 6 nitrogen and oxygen atoms in total. The van der Waals surface area contributed by atoms with Gasteiger partial charge < -0.3 is 11.5 Å². The van der Waals surface area contributed by atoms with Gasteiger partial charge in [0.15, 0.2) is 0 Å². The van der Waals surface area contributed by atoms with Crippen molar-refractivity contribution in [2.75, 3.05) is 5.73 Å². The van der Waals surface area contributed by atoms with Crippen LogP contribution in [0.4, 0.5) is 5.69 Å². The number of nitrogens with two attached hydrogens (primary N) is 2. The Morgan fingerprint density at radius 2 is 1.90 bits per heavy atom. The molecule has 106 valence electrons. The first-order chi connectivity index (χ1) is 9.38. The van der Waals surface area contributed by atoms with Crippen LogP contribution >= 0.6 is 0 Å². The molecule has 0 radical (unpaired) electrons. The first-order valence-electron chi connectivity index (χ1n) is 6.40. The van der Waals surface area contributed by atoms with E-state index in [9.17, 15) is 14.4 Å². The molecule has 0 bridgehead atoms. The lowest BCUT2D eigenvalue weighted by atomic mass is 9.97. The van der Waals surface area contributed by atoms with E-state index in [2.05, 4.69) is 0 Å². The molecule has 0 atom stereocenters. The standard InChI is InChI=1S/C14H17N3O3/c1-8-4-12(18)17(13(19)5-8)7-10-3-2-9(14(16)20)6-11(10)15/h2-3,6,8H,4-5,7,15H2,1H3,(H2,16,20). The number of rotatable bonds is 3. The van der Waals surface area contributed by atoms with Gasteiger partial charge in [0.25, 0.3) is 0 Å².